The standard InChI is InChI=1S/C37H37F3O6S/c38-37(39,40)36(43)30-16-20-32(21-17-30)46-26-33(44-24-28-10-5-2-6-11-28)25-45-31-18-14-29(15-19-31)34(47-23-22-35(41)42)13-7-12-27-8-3-1-4-9-27/h1-6,8-11,14-21,33-34H,7,12-13,22-26H2,(H,41,42). The SMILES string of the molecule is O=C(O)CCSC(CCCc1ccccc1)c1ccc(OCC(COc2ccc(C(=O)C(F)(F)F)cc2)OCc2ccccc2)cc1. The van der Waals surface area contributed by atoms with Crippen LogP contribution in [0, 0.1) is 0 Å². The van der Waals surface area contributed by atoms with Crippen molar-refractivity contribution in [2.24, 2.45) is 0 Å². The summed E-state index contributed by atoms with van der Waals surface area (Å²) in [6, 6.07) is 32.4. The Morgan fingerprint density at radius 2 is 1.30 bits per heavy atom. The number of benzene rings is 4. The number of carbonyl (C=O) groups is 2. The van der Waals surface area contributed by atoms with Gasteiger partial charge in [0, 0.05) is 16.6 Å². The number of aryl methyl sites for hydroxylation is 1. The number of halogens is 3. The van der Waals surface area contributed by atoms with Crippen molar-refractivity contribution in [3.63, 3.8) is 0 Å². The summed E-state index contributed by atoms with van der Waals surface area (Å²) < 4.78 is 56.2. The zero-order valence-corrected chi connectivity index (χ0v) is 26.6. The minimum atomic E-state index is -4.95. The molecule has 4 rings (SSSR count). The van der Waals surface area contributed by atoms with Gasteiger partial charge in [0.25, 0.3) is 5.78 Å². The highest BCUT2D eigenvalue weighted by atomic mass is 32.2. The molecule has 0 bridgehead atoms. The number of aliphatic carboxylic acids is 1. The number of hydrogen-bond acceptors (Lipinski definition) is 6. The van der Waals surface area contributed by atoms with Crippen molar-refractivity contribution < 1.29 is 42.1 Å². The van der Waals surface area contributed by atoms with Gasteiger partial charge in [-0.05, 0) is 72.4 Å². The molecule has 1 N–H and O–H groups in total. The fourth-order valence-corrected chi connectivity index (χ4v) is 5.99. The molecule has 0 saturated heterocycles. The zero-order chi connectivity index (χ0) is 33.5. The fraction of sp³-hybridized carbons (Fsp3) is 0.297. The number of rotatable bonds is 19. The van der Waals surface area contributed by atoms with E-state index in [4.69, 9.17) is 19.3 Å². The van der Waals surface area contributed by atoms with Gasteiger partial charge in [-0.3, -0.25) is 9.59 Å². The Bertz CT molecular complexity index is 1510. The van der Waals surface area contributed by atoms with Gasteiger partial charge in [-0.1, -0.05) is 72.8 Å². The third-order valence-corrected chi connectivity index (χ3v) is 8.59. The summed E-state index contributed by atoms with van der Waals surface area (Å²) in [5.74, 6) is -1.29. The molecule has 0 aliphatic rings. The van der Waals surface area contributed by atoms with Gasteiger partial charge in [0.15, 0.2) is 0 Å². The average Bonchev–Trinajstić information content (AvgIpc) is 3.08. The summed E-state index contributed by atoms with van der Waals surface area (Å²) in [4.78, 5) is 22.6. The number of carboxylic acid groups (broad SMARTS) is 1. The van der Waals surface area contributed by atoms with Gasteiger partial charge in [0.05, 0.1) is 13.0 Å². The molecule has 0 aromatic heterocycles. The van der Waals surface area contributed by atoms with Gasteiger partial charge in [0.1, 0.15) is 30.8 Å². The van der Waals surface area contributed by atoms with E-state index in [-0.39, 0.29) is 24.9 Å². The third kappa shape index (κ3) is 12.4. The summed E-state index contributed by atoms with van der Waals surface area (Å²) in [5, 5.41) is 9.27. The second-order valence-corrected chi connectivity index (χ2v) is 12.2. The normalized spacial score (nSPS) is 12.7. The molecule has 0 saturated carbocycles. The second kappa shape index (κ2) is 18.2. The van der Waals surface area contributed by atoms with E-state index < -0.39 is 29.6 Å². The van der Waals surface area contributed by atoms with Crippen molar-refractivity contribution >= 4 is 23.5 Å². The topological polar surface area (TPSA) is 82.1 Å². The number of ether oxygens (including phenoxy) is 3. The van der Waals surface area contributed by atoms with E-state index in [9.17, 15) is 22.8 Å². The molecule has 0 fully saturated rings. The summed E-state index contributed by atoms with van der Waals surface area (Å²) in [6.45, 7) is 0.500. The van der Waals surface area contributed by atoms with Crippen LogP contribution in [0.25, 0.3) is 0 Å². The number of Topliss-reactive ketones (excluding diaryl/α,β-unsaturated/α-hetero) is 1. The number of ketones is 1. The molecule has 4 aromatic rings. The van der Waals surface area contributed by atoms with Crippen molar-refractivity contribution in [3.05, 3.63) is 131 Å². The van der Waals surface area contributed by atoms with E-state index in [0.29, 0.717) is 23.9 Å². The van der Waals surface area contributed by atoms with Crippen LogP contribution in [0.5, 0.6) is 11.5 Å². The first-order valence-corrected chi connectivity index (χ1v) is 16.3. The first-order valence-electron chi connectivity index (χ1n) is 15.3. The van der Waals surface area contributed by atoms with Crippen molar-refractivity contribution in [2.45, 2.75) is 49.8 Å². The lowest BCUT2D eigenvalue weighted by Gasteiger charge is -2.20. The highest BCUT2D eigenvalue weighted by Crippen LogP contribution is 2.35. The molecule has 2 unspecified atom stereocenters. The van der Waals surface area contributed by atoms with Gasteiger partial charge >= 0.3 is 12.1 Å². The largest absolute Gasteiger partial charge is 0.491 e. The van der Waals surface area contributed by atoms with E-state index >= 15 is 0 Å². The Morgan fingerprint density at radius 3 is 1.85 bits per heavy atom. The highest BCUT2D eigenvalue weighted by molar-refractivity contribution is 7.99. The van der Waals surface area contributed by atoms with E-state index in [2.05, 4.69) is 12.1 Å². The zero-order valence-electron chi connectivity index (χ0n) is 25.7. The Labute approximate surface area is 276 Å². The van der Waals surface area contributed by atoms with E-state index in [1.807, 2.05) is 72.8 Å². The number of hydrogen-bond donors (Lipinski definition) is 1. The van der Waals surface area contributed by atoms with Crippen LogP contribution in [0.2, 0.25) is 0 Å². The third-order valence-electron chi connectivity index (χ3n) is 7.24. The Kier molecular flexibility index (Phi) is 13.7. The van der Waals surface area contributed by atoms with E-state index in [0.717, 1.165) is 42.5 Å². The molecule has 0 aliphatic carbocycles. The van der Waals surface area contributed by atoms with Crippen molar-refractivity contribution in [3.8, 4) is 11.5 Å². The summed E-state index contributed by atoms with van der Waals surface area (Å²) in [6.07, 6.45) is -2.56. The maximum atomic E-state index is 12.8. The summed E-state index contributed by atoms with van der Waals surface area (Å²) in [7, 11) is 0. The van der Waals surface area contributed by atoms with E-state index in [1.165, 1.54) is 17.7 Å². The van der Waals surface area contributed by atoms with Crippen LogP contribution in [0.3, 0.4) is 0 Å². The molecule has 47 heavy (non-hydrogen) atoms. The van der Waals surface area contributed by atoms with E-state index in [1.54, 1.807) is 11.8 Å². The average molecular weight is 667 g/mol. The van der Waals surface area contributed by atoms with Crippen molar-refractivity contribution in [1.82, 2.24) is 0 Å². The van der Waals surface area contributed by atoms with Gasteiger partial charge in [-0.2, -0.15) is 24.9 Å². The summed E-state index contributed by atoms with van der Waals surface area (Å²) >= 11 is 1.64. The maximum absolute atomic E-state index is 12.8. The molecular weight excluding hydrogens is 629 g/mol. The van der Waals surface area contributed by atoms with Crippen LogP contribution < -0.4 is 9.47 Å². The number of alkyl halides is 3. The molecule has 0 amide bonds. The molecular formula is C37H37F3O6S. The maximum Gasteiger partial charge on any atom is 0.454 e. The first-order chi connectivity index (χ1) is 22.7. The lowest BCUT2D eigenvalue weighted by atomic mass is 10.0. The Morgan fingerprint density at radius 1 is 0.745 bits per heavy atom. The minimum absolute atomic E-state index is 0.0567. The van der Waals surface area contributed by atoms with Crippen LogP contribution in [0.1, 0.15) is 51.6 Å². The van der Waals surface area contributed by atoms with Gasteiger partial charge in [-0.25, -0.2) is 0 Å². The number of carbonyl (C=O) groups excluding carboxylic acids is 1. The van der Waals surface area contributed by atoms with Crippen molar-refractivity contribution in [1.29, 1.82) is 0 Å². The van der Waals surface area contributed by atoms with Gasteiger partial charge in [-0.15, -0.1) is 0 Å². The predicted molar refractivity (Wildman–Crippen MR) is 176 cm³/mol. The molecule has 0 radical (unpaired) electrons. The molecule has 2 atom stereocenters. The second-order valence-electron chi connectivity index (χ2n) is 10.8. The molecule has 10 heteroatoms. The monoisotopic (exact) mass is 666 g/mol. The van der Waals surface area contributed by atoms with Crippen LogP contribution in [-0.2, 0) is 22.6 Å². The predicted octanol–water partition coefficient (Wildman–Crippen LogP) is 8.75. The number of carboxylic acids is 1. The highest BCUT2D eigenvalue weighted by Gasteiger charge is 2.39. The molecule has 0 heterocycles. The van der Waals surface area contributed by atoms with Crippen LogP contribution in [0.4, 0.5) is 13.2 Å². The van der Waals surface area contributed by atoms with Crippen molar-refractivity contribution in [2.75, 3.05) is 19.0 Å². The summed E-state index contributed by atoms with van der Waals surface area (Å²) in [5.41, 5.74) is 2.85. The smallest absolute Gasteiger partial charge is 0.454 e. The fourth-order valence-electron chi connectivity index (χ4n) is 4.73. The van der Waals surface area contributed by atoms with Crippen LogP contribution in [-0.4, -0.2) is 48.1 Å². The van der Waals surface area contributed by atoms with Gasteiger partial charge < -0.3 is 19.3 Å². The van der Waals surface area contributed by atoms with Gasteiger partial charge in [0.2, 0.25) is 0 Å². The first kappa shape index (κ1) is 35.6. The molecule has 248 valence electrons. The van der Waals surface area contributed by atoms with Crippen LogP contribution >= 0.6 is 11.8 Å². The lowest BCUT2D eigenvalue weighted by Crippen LogP contribution is -2.28. The Hall–Kier alpha value is -4.28. The number of thioether (sulfide) groups is 1. The minimum Gasteiger partial charge on any atom is -0.491 e. The quantitative estimate of drug-likeness (QED) is 0.100. The molecule has 0 aliphatic heterocycles. The molecule has 6 nitrogen and oxygen atoms in total. The molecule has 0 spiro atoms. The molecule has 4 aromatic carbocycles. The van der Waals surface area contributed by atoms with Crippen LogP contribution in [0.15, 0.2) is 109 Å². The lowest BCUT2D eigenvalue weighted by molar-refractivity contribution is -0.136. The Balaban J connectivity index is 1.36.